The maximum absolute atomic E-state index is 12.2. The molecule has 1 heterocycles. The average molecular weight is 274 g/mol. The maximum Gasteiger partial charge on any atom is 0.311 e. The molecular formula is C12H22N2O5. The first-order chi connectivity index (χ1) is 9.04. The number of carboxylic acids is 1. The van der Waals surface area contributed by atoms with E-state index in [0.29, 0.717) is 6.54 Å². The normalized spacial score (nSPS) is 24.2. The highest BCUT2D eigenvalue weighted by atomic mass is 16.5. The zero-order valence-corrected chi connectivity index (χ0v) is 11.4. The largest absolute Gasteiger partial charge is 0.481 e. The molecule has 0 bridgehead atoms. The van der Waals surface area contributed by atoms with Gasteiger partial charge >= 0.3 is 5.97 Å². The molecule has 0 radical (unpaired) electrons. The van der Waals surface area contributed by atoms with Gasteiger partial charge in [-0.1, -0.05) is 0 Å². The van der Waals surface area contributed by atoms with Crippen molar-refractivity contribution in [1.29, 1.82) is 0 Å². The molecule has 110 valence electrons. The van der Waals surface area contributed by atoms with Crippen LogP contribution in [0.2, 0.25) is 0 Å². The minimum Gasteiger partial charge on any atom is -0.481 e. The molecule has 0 aliphatic carbocycles. The predicted octanol–water partition coefficient (Wildman–Crippen LogP) is -0.702. The number of amides is 1. The molecule has 0 aromatic heterocycles. The zero-order chi connectivity index (χ0) is 14.4. The summed E-state index contributed by atoms with van der Waals surface area (Å²) < 4.78 is 10.3. The first-order valence-corrected chi connectivity index (χ1v) is 6.38. The number of hydrogen-bond donors (Lipinski definition) is 2. The lowest BCUT2D eigenvalue weighted by molar-refractivity contribution is -0.145. The first kappa shape index (κ1) is 15.9. The molecule has 1 rings (SSSR count). The van der Waals surface area contributed by atoms with Crippen molar-refractivity contribution >= 4 is 11.9 Å². The Morgan fingerprint density at radius 3 is 2.68 bits per heavy atom. The SMILES string of the molecule is CCN(C(=O)CC(CN)OC)C1COCC1C(=O)O. The summed E-state index contributed by atoms with van der Waals surface area (Å²) in [7, 11) is 1.50. The third kappa shape index (κ3) is 3.89. The minimum absolute atomic E-state index is 0.147. The number of carbonyl (C=O) groups excluding carboxylic acids is 1. The molecule has 1 aliphatic rings. The van der Waals surface area contributed by atoms with E-state index in [-0.39, 0.29) is 38.2 Å². The summed E-state index contributed by atoms with van der Waals surface area (Å²) in [5.41, 5.74) is 5.49. The van der Waals surface area contributed by atoms with Crippen LogP contribution in [0.4, 0.5) is 0 Å². The van der Waals surface area contributed by atoms with Crippen LogP contribution in [0.5, 0.6) is 0 Å². The first-order valence-electron chi connectivity index (χ1n) is 6.38. The topological polar surface area (TPSA) is 102 Å². The fourth-order valence-electron chi connectivity index (χ4n) is 2.26. The van der Waals surface area contributed by atoms with Crippen molar-refractivity contribution in [2.45, 2.75) is 25.5 Å². The number of ether oxygens (including phenoxy) is 2. The van der Waals surface area contributed by atoms with Crippen LogP contribution in [0.1, 0.15) is 13.3 Å². The molecule has 1 saturated heterocycles. The van der Waals surface area contributed by atoms with Gasteiger partial charge < -0.3 is 25.2 Å². The second kappa shape index (κ2) is 7.42. The van der Waals surface area contributed by atoms with Gasteiger partial charge in [-0.2, -0.15) is 0 Å². The van der Waals surface area contributed by atoms with Gasteiger partial charge in [0.2, 0.25) is 5.91 Å². The van der Waals surface area contributed by atoms with E-state index in [1.807, 2.05) is 6.92 Å². The highest BCUT2D eigenvalue weighted by Gasteiger charge is 2.39. The van der Waals surface area contributed by atoms with E-state index < -0.39 is 17.9 Å². The molecule has 7 nitrogen and oxygen atoms in total. The fourth-order valence-corrected chi connectivity index (χ4v) is 2.26. The summed E-state index contributed by atoms with van der Waals surface area (Å²) in [6.45, 7) is 2.92. The molecule has 1 amide bonds. The van der Waals surface area contributed by atoms with Crippen molar-refractivity contribution in [1.82, 2.24) is 4.90 Å². The van der Waals surface area contributed by atoms with Crippen LogP contribution in [0.3, 0.4) is 0 Å². The molecular weight excluding hydrogens is 252 g/mol. The molecule has 0 aromatic rings. The molecule has 0 saturated carbocycles. The number of nitrogens with zero attached hydrogens (tertiary/aromatic N) is 1. The summed E-state index contributed by atoms with van der Waals surface area (Å²) in [5, 5.41) is 9.12. The van der Waals surface area contributed by atoms with Gasteiger partial charge in [-0.25, -0.2) is 0 Å². The molecule has 0 spiro atoms. The van der Waals surface area contributed by atoms with Crippen LogP contribution >= 0.6 is 0 Å². The van der Waals surface area contributed by atoms with Crippen LogP contribution in [0.25, 0.3) is 0 Å². The Balaban J connectivity index is 2.71. The monoisotopic (exact) mass is 274 g/mol. The Morgan fingerprint density at radius 1 is 1.53 bits per heavy atom. The van der Waals surface area contributed by atoms with Gasteiger partial charge in [0.15, 0.2) is 0 Å². The summed E-state index contributed by atoms with van der Waals surface area (Å²) >= 11 is 0. The lowest BCUT2D eigenvalue weighted by Gasteiger charge is -2.30. The summed E-state index contributed by atoms with van der Waals surface area (Å²) in [6.07, 6.45) is -0.184. The summed E-state index contributed by atoms with van der Waals surface area (Å²) in [5.74, 6) is -1.75. The minimum atomic E-state index is -0.934. The Labute approximate surface area is 112 Å². The third-order valence-electron chi connectivity index (χ3n) is 3.43. The second-order valence-electron chi connectivity index (χ2n) is 4.53. The van der Waals surface area contributed by atoms with Gasteiger partial charge in [-0.05, 0) is 6.92 Å². The van der Waals surface area contributed by atoms with Gasteiger partial charge in [-0.15, -0.1) is 0 Å². The van der Waals surface area contributed by atoms with E-state index in [0.717, 1.165) is 0 Å². The molecule has 7 heteroatoms. The van der Waals surface area contributed by atoms with Crippen LogP contribution in [0, 0.1) is 5.92 Å². The van der Waals surface area contributed by atoms with Crippen LogP contribution in [-0.2, 0) is 19.1 Å². The highest BCUT2D eigenvalue weighted by molar-refractivity contribution is 5.79. The van der Waals surface area contributed by atoms with Crippen molar-refractivity contribution in [2.75, 3.05) is 33.4 Å². The molecule has 19 heavy (non-hydrogen) atoms. The number of carboxylic acid groups (broad SMARTS) is 1. The van der Waals surface area contributed by atoms with Crippen molar-refractivity contribution in [2.24, 2.45) is 11.7 Å². The Bertz CT molecular complexity index is 319. The standard InChI is InChI=1S/C12H22N2O5/c1-3-14(11(15)4-8(5-13)18-2)10-7-19-6-9(10)12(16)17/h8-10H,3-7,13H2,1-2H3,(H,16,17). The number of carbonyl (C=O) groups is 2. The number of aliphatic carboxylic acids is 1. The van der Waals surface area contributed by atoms with Gasteiger partial charge in [-0.3, -0.25) is 9.59 Å². The van der Waals surface area contributed by atoms with Crippen molar-refractivity contribution in [3.05, 3.63) is 0 Å². The van der Waals surface area contributed by atoms with E-state index in [2.05, 4.69) is 0 Å². The molecule has 3 atom stereocenters. The van der Waals surface area contributed by atoms with Crippen molar-refractivity contribution < 1.29 is 24.2 Å². The van der Waals surface area contributed by atoms with E-state index in [1.165, 1.54) is 7.11 Å². The number of methoxy groups -OCH3 is 1. The average Bonchev–Trinajstić information content (AvgIpc) is 2.86. The maximum atomic E-state index is 12.2. The van der Waals surface area contributed by atoms with Crippen LogP contribution in [-0.4, -0.2) is 67.4 Å². The van der Waals surface area contributed by atoms with E-state index in [1.54, 1.807) is 4.90 Å². The smallest absolute Gasteiger partial charge is 0.311 e. The number of likely N-dealkylation sites (N-methyl/N-ethyl adjacent to an activating group) is 1. The molecule has 3 unspecified atom stereocenters. The van der Waals surface area contributed by atoms with Gasteiger partial charge in [0.1, 0.15) is 5.92 Å². The van der Waals surface area contributed by atoms with Gasteiger partial charge in [0.25, 0.3) is 0 Å². The second-order valence-corrected chi connectivity index (χ2v) is 4.53. The molecule has 0 aromatic carbocycles. The zero-order valence-electron chi connectivity index (χ0n) is 11.4. The van der Waals surface area contributed by atoms with Crippen LogP contribution < -0.4 is 5.73 Å². The molecule has 3 N–H and O–H groups in total. The lowest BCUT2D eigenvalue weighted by Crippen LogP contribution is -2.47. The Kier molecular flexibility index (Phi) is 6.20. The van der Waals surface area contributed by atoms with E-state index >= 15 is 0 Å². The Morgan fingerprint density at radius 2 is 2.21 bits per heavy atom. The predicted molar refractivity (Wildman–Crippen MR) is 67.6 cm³/mol. The quantitative estimate of drug-likeness (QED) is 0.636. The molecule has 1 fully saturated rings. The van der Waals surface area contributed by atoms with E-state index in [9.17, 15) is 9.59 Å². The van der Waals surface area contributed by atoms with Crippen LogP contribution in [0.15, 0.2) is 0 Å². The van der Waals surface area contributed by atoms with Crippen molar-refractivity contribution in [3.63, 3.8) is 0 Å². The molecule has 1 aliphatic heterocycles. The highest BCUT2D eigenvalue weighted by Crippen LogP contribution is 2.21. The lowest BCUT2D eigenvalue weighted by atomic mass is 10.0. The van der Waals surface area contributed by atoms with Crippen molar-refractivity contribution in [3.8, 4) is 0 Å². The summed E-state index contributed by atoms with van der Waals surface area (Å²) in [6, 6.07) is -0.412. The fraction of sp³-hybridized carbons (Fsp3) is 0.833. The number of rotatable bonds is 7. The number of hydrogen-bond acceptors (Lipinski definition) is 5. The van der Waals surface area contributed by atoms with E-state index in [4.69, 9.17) is 20.3 Å². The Hall–Kier alpha value is -1.18. The number of nitrogens with two attached hydrogens (primary N) is 1. The third-order valence-corrected chi connectivity index (χ3v) is 3.43. The van der Waals surface area contributed by atoms with Gasteiger partial charge in [0, 0.05) is 20.2 Å². The summed E-state index contributed by atoms with van der Waals surface area (Å²) in [4.78, 5) is 24.9. The van der Waals surface area contributed by atoms with Gasteiger partial charge in [0.05, 0.1) is 31.8 Å².